The van der Waals surface area contributed by atoms with Crippen molar-refractivity contribution >= 4 is 0 Å². The van der Waals surface area contributed by atoms with Crippen LogP contribution in [-0.2, 0) is 6.42 Å². The van der Waals surface area contributed by atoms with Crippen LogP contribution < -0.4 is 0 Å². The molecule has 1 rings (SSSR count). The fourth-order valence-corrected chi connectivity index (χ4v) is 1.63. The average molecular weight is 306 g/mol. The summed E-state index contributed by atoms with van der Waals surface area (Å²) in [5.41, 5.74) is 0.612. The smallest absolute Gasteiger partial charge is 0.275 e. The van der Waals surface area contributed by atoms with Crippen LogP contribution in [0.15, 0.2) is 12.4 Å². The maximum absolute atomic E-state index is 12.4. The Bertz CT molecular complexity index is 423. The van der Waals surface area contributed by atoms with Gasteiger partial charge in [0, 0.05) is 19.0 Å². The molecule has 0 saturated heterocycles. The number of aryl methyl sites for hydroxylation is 1. The minimum Gasteiger partial charge on any atom is -0.387 e. The molecule has 0 spiro atoms. The van der Waals surface area contributed by atoms with Crippen molar-refractivity contribution in [1.82, 2.24) is 9.97 Å². The first kappa shape index (κ1) is 17.8. The first-order chi connectivity index (χ1) is 9.69. The molecule has 0 bridgehead atoms. The van der Waals surface area contributed by atoms with Crippen LogP contribution in [-0.4, -0.2) is 59.0 Å². The Labute approximate surface area is 120 Å². The Balaban J connectivity index is 2.49. The summed E-state index contributed by atoms with van der Waals surface area (Å²) in [5, 5.41) is 53.4. The van der Waals surface area contributed by atoms with E-state index in [2.05, 4.69) is 9.97 Å². The molecule has 1 aromatic rings. The molecule has 0 aromatic carbocycles. The van der Waals surface area contributed by atoms with E-state index in [1.807, 2.05) is 0 Å². The lowest BCUT2D eigenvalue weighted by Crippen LogP contribution is -2.26. The van der Waals surface area contributed by atoms with Crippen LogP contribution in [0.1, 0.15) is 36.8 Å². The zero-order chi connectivity index (χ0) is 16.0. The van der Waals surface area contributed by atoms with Gasteiger partial charge in [0.25, 0.3) is 5.97 Å². The third-order valence-corrected chi connectivity index (χ3v) is 2.79. The van der Waals surface area contributed by atoms with Gasteiger partial charge in [-0.2, -0.15) is 0 Å². The van der Waals surface area contributed by atoms with Gasteiger partial charge >= 0.3 is 0 Å². The molecule has 9 heteroatoms. The van der Waals surface area contributed by atoms with Gasteiger partial charge in [-0.1, -0.05) is 0 Å². The summed E-state index contributed by atoms with van der Waals surface area (Å²) in [6, 6.07) is 0. The number of halogens is 1. The van der Waals surface area contributed by atoms with E-state index in [1.165, 1.54) is 12.4 Å². The second-order valence-electron chi connectivity index (χ2n) is 4.75. The van der Waals surface area contributed by atoms with Crippen LogP contribution in [0.25, 0.3) is 0 Å². The molecule has 120 valence electrons. The summed E-state index contributed by atoms with van der Waals surface area (Å²) < 4.78 is 12.4. The molecule has 8 nitrogen and oxygen atoms in total. The van der Waals surface area contributed by atoms with E-state index in [1.54, 1.807) is 0 Å². The van der Waals surface area contributed by atoms with Gasteiger partial charge in [0.2, 0.25) is 6.36 Å². The van der Waals surface area contributed by atoms with Crippen molar-refractivity contribution in [1.29, 1.82) is 0 Å². The zero-order valence-electron chi connectivity index (χ0n) is 11.2. The zero-order valence-corrected chi connectivity index (χ0v) is 11.2. The Hall–Kier alpha value is -1.23. The second kappa shape index (κ2) is 7.69. The number of alkyl halides is 1. The van der Waals surface area contributed by atoms with Crippen molar-refractivity contribution in [3.05, 3.63) is 23.8 Å². The standard InChI is InChI=1S/C12H19FN2O6/c13-11(18)10(17)4-9(16)8-6-14-7(5-15-8)2-1-3-12(19,20)21/h5-6,9-11,16-21H,1-4H2. The number of rotatable bonds is 8. The average Bonchev–Trinajstić information content (AvgIpc) is 2.37. The minimum absolute atomic E-state index is 0.110. The predicted molar refractivity (Wildman–Crippen MR) is 67.1 cm³/mol. The fraction of sp³-hybridized carbons (Fsp3) is 0.667. The molecule has 0 fully saturated rings. The van der Waals surface area contributed by atoms with E-state index in [0.29, 0.717) is 12.1 Å². The summed E-state index contributed by atoms with van der Waals surface area (Å²) in [6.45, 7) is 0. The lowest BCUT2D eigenvalue weighted by Gasteiger charge is -2.15. The Kier molecular flexibility index (Phi) is 6.52. The summed E-state index contributed by atoms with van der Waals surface area (Å²) >= 11 is 0. The van der Waals surface area contributed by atoms with Crippen molar-refractivity contribution in [2.24, 2.45) is 0 Å². The van der Waals surface area contributed by atoms with Crippen LogP contribution >= 0.6 is 0 Å². The maximum Gasteiger partial charge on any atom is 0.275 e. The summed E-state index contributed by atoms with van der Waals surface area (Å²) in [4.78, 5) is 7.86. The van der Waals surface area contributed by atoms with Gasteiger partial charge in [0.15, 0.2) is 0 Å². The number of aromatic nitrogens is 2. The van der Waals surface area contributed by atoms with Crippen LogP contribution in [0, 0.1) is 0 Å². The monoisotopic (exact) mass is 306 g/mol. The van der Waals surface area contributed by atoms with E-state index in [-0.39, 0.29) is 18.5 Å². The van der Waals surface area contributed by atoms with Gasteiger partial charge in [-0.25, -0.2) is 4.39 Å². The van der Waals surface area contributed by atoms with E-state index < -0.39 is 31.0 Å². The highest BCUT2D eigenvalue weighted by molar-refractivity contribution is 5.05. The first-order valence-corrected chi connectivity index (χ1v) is 6.35. The Morgan fingerprint density at radius 3 is 2.24 bits per heavy atom. The minimum atomic E-state index is -2.72. The molecule has 3 unspecified atom stereocenters. The van der Waals surface area contributed by atoms with Gasteiger partial charge in [-0.3, -0.25) is 9.97 Å². The molecule has 0 aliphatic heterocycles. The molecule has 1 heterocycles. The van der Waals surface area contributed by atoms with E-state index >= 15 is 0 Å². The number of aliphatic hydroxyl groups excluding tert-OH is 3. The SMILES string of the molecule is OC(CC(O)C(O)F)c1cnc(CCCC(O)(O)O)cn1. The molecule has 0 radical (unpaired) electrons. The second-order valence-corrected chi connectivity index (χ2v) is 4.75. The molecule has 0 aliphatic rings. The van der Waals surface area contributed by atoms with Gasteiger partial charge in [-0.15, -0.1) is 0 Å². The van der Waals surface area contributed by atoms with Crippen molar-refractivity contribution < 1.29 is 35.0 Å². The van der Waals surface area contributed by atoms with E-state index in [0.717, 1.165) is 0 Å². The van der Waals surface area contributed by atoms with E-state index in [4.69, 9.17) is 25.5 Å². The van der Waals surface area contributed by atoms with Crippen LogP contribution in [0.5, 0.6) is 0 Å². The fourth-order valence-electron chi connectivity index (χ4n) is 1.63. The number of aliphatic hydroxyl groups is 6. The molecule has 0 saturated carbocycles. The molecule has 6 N–H and O–H groups in total. The first-order valence-electron chi connectivity index (χ1n) is 6.35. The predicted octanol–water partition coefficient (Wildman–Crippen LogP) is -1.50. The lowest BCUT2D eigenvalue weighted by atomic mass is 10.1. The summed E-state index contributed by atoms with van der Waals surface area (Å²) in [6.07, 6.45) is -2.94. The van der Waals surface area contributed by atoms with Crippen molar-refractivity contribution in [2.45, 2.75) is 50.2 Å². The van der Waals surface area contributed by atoms with Crippen LogP contribution in [0.3, 0.4) is 0 Å². The number of hydrogen-bond donors (Lipinski definition) is 6. The maximum atomic E-state index is 12.4. The third-order valence-electron chi connectivity index (χ3n) is 2.79. The van der Waals surface area contributed by atoms with Gasteiger partial charge in [-0.05, 0) is 12.8 Å². The van der Waals surface area contributed by atoms with Gasteiger partial charge < -0.3 is 30.6 Å². The van der Waals surface area contributed by atoms with Gasteiger partial charge in [0.1, 0.15) is 12.2 Å². The molecule has 21 heavy (non-hydrogen) atoms. The van der Waals surface area contributed by atoms with E-state index in [9.17, 15) is 9.50 Å². The topological polar surface area (TPSA) is 147 Å². The molecule has 1 aromatic heterocycles. The highest BCUT2D eigenvalue weighted by Gasteiger charge is 2.21. The third kappa shape index (κ3) is 6.85. The molecule has 0 aliphatic carbocycles. The van der Waals surface area contributed by atoms with Crippen molar-refractivity contribution in [2.75, 3.05) is 0 Å². The van der Waals surface area contributed by atoms with Crippen molar-refractivity contribution in [3.63, 3.8) is 0 Å². The Morgan fingerprint density at radius 1 is 1.10 bits per heavy atom. The molecule has 3 atom stereocenters. The molecular weight excluding hydrogens is 287 g/mol. The molecule has 0 amide bonds. The summed E-state index contributed by atoms with van der Waals surface area (Å²) in [7, 11) is 0. The summed E-state index contributed by atoms with van der Waals surface area (Å²) in [5.74, 6) is -2.72. The number of nitrogens with zero attached hydrogens (tertiary/aromatic N) is 2. The largest absolute Gasteiger partial charge is 0.387 e. The molecular formula is C12H19FN2O6. The lowest BCUT2D eigenvalue weighted by molar-refractivity contribution is -0.314. The normalized spacial score (nSPS) is 16.5. The highest BCUT2D eigenvalue weighted by Crippen LogP contribution is 2.18. The van der Waals surface area contributed by atoms with Crippen molar-refractivity contribution in [3.8, 4) is 0 Å². The quantitative estimate of drug-likeness (QED) is 0.318. The van der Waals surface area contributed by atoms with Crippen LogP contribution in [0.2, 0.25) is 0 Å². The van der Waals surface area contributed by atoms with Gasteiger partial charge in [0.05, 0.1) is 17.6 Å². The Morgan fingerprint density at radius 2 is 1.76 bits per heavy atom. The number of hydrogen-bond acceptors (Lipinski definition) is 8. The highest BCUT2D eigenvalue weighted by atomic mass is 19.1. The van der Waals surface area contributed by atoms with Crippen LogP contribution in [0.4, 0.5) is 4.39 Å².